The highest BCUT2D eigenvalue weighted by Gasteiger charge is 2.21. The van der Waals surface area contributed by atoms with Crippen LogP contribution in [0.2, 0.25) is 5.02 Å². The Morgan fingerprint density at radius 3 is 2.54 bits per heavy atom. The van der Waals surface area contributed by atoms with Crippen LogP contribution in [0, 0.1) is 0 Å². The SMILES string of the molecule is O=C1CN(Cc2ccc(Cl)cc2)N1. The maximum Gasteiger partial charge on any atom is 0.250 e. The molecule has 0 unspecified atom stereocenters. The fraction of sp³-hybridized carbons (Fsp3) is 0.222. The predicted molar refractivity (Wildman–Crippen MR) is 50.0 cm³/mol. The lowest BCUT2D eigenvalue weighted by atomic mass is 10.2. The molecule has 1 fully saturated rings. The topological polar surface area (TPSA) is 32.3 Å². The van der Waals surface area contributed by atoms with Crippen LogP contribution < -0.4 is 5.43 Å². The number of hydrogen-bond acceptors (Lipinski definition) is 2. The monoisotopic (exact) mass is 196 g/mol. The van der Waals surface area contributed by atoms with E-state index in [9.17, 15) is 4.79 Å². The van der Waals surface area contributed by atoms with E-state index in [1.807, 2.05) is 29.3 Å². The van der Waals surface area contributed by atoms with Crippen molar-refractivity contribution in [1.29, 1.82) is 0 Å². The Bertz CT molecular complexity index is 315. The van der Waals surface area contributed by atoms with Gasteiger partial charge in [0.15, 0.2) is 0 Å². The van der Waals surface area contributed by atoms with E-state index < -0.39 is 0 Å². The van der Waals surface area contributed by atoms with Gasteiger partial charge in [-0.1, -0.05) is 23.7 Å². The van der Waals surface area contributed by atoms with E-state index in [1.54, 1.807) is 0 Å². The van der Waals surface area contributed by atoms with Crippen molar-refractivity contribution in [1.82, 2.24) is 10.4 Å². The van der Waals surface area contributed by atoms with Gasteiger partial charge in [-0.05, 0) is 17.7 Å². The molecule has 1 aromatic rings. The molecule has 3 nitrogen and oxygen atoms in total. The van der Waals surface area contributed by atoms with Gasteiger partial charge in [0, 0.05) is 11.6 Å². The van der Waals surface area contributed by atoms with Crippen LogP contribution in [0.4, 0.5) is 0 Å². The Labute approximate surface area is 81.3 Å². The van der Waals surface area contributed by atoms with Crippen molar-refractivity contribution in [2.45, 2.75) is 6.54 Å². The van der Waals surface area contributed by atoms with Gasteiger partial charge in [-0.15, -0.1) is 0 Å². The second-order valence-corrected chi connectivity index (χ2v) is 3.45. The zero-order valence-electron chi connectivity index (χ0n) is 6.96. The van der Waals surface area contributed by atoms with Crippen molar-refractivity contribution in [3.63, 3.8) is 0 Å². The predicted octanol–water partition coefficient (Wildman–Crippen LogP) is 1.19. The number of carbonyl (C=O) groups excluding carboxylic acids is 1. The Hall–Kier alpha value is -1.06. The lowest BCUT2D eigenvalue weighted by molar-refractivity contribution is -0.139. The second kappa shape index (κ2) is 3.36. The molecule has 0 radical (unpaired) electrons. The Balaban J connectivity index is 1.95. The number of nitrogens with zero attached hydrogens (tertiary/aromatic N) is 1. The molecule has 1 aliphatic rings. The van der Waals surface area contributed by atoms with E-state index in [2.05, 4.69) is 5.43 Å². The number of halogens is 1. The molecule has 1 aromatic carbocycles. The maximum atomic E-state index is 10.6. The first-order valence-corrected chi connectivity index (χ1v) is 4.41. The van der Waals surface area contributed by atoms with E-state index in [0.29, 0.717) is 6.54 Å². The van der Waals surface area contributed by atoms with Crippen molar-refractivity contribution in [2.24, 2.45) is 0 Å². The first-order chi connectivity index (χ1) is 6.24. The fourth-order valence-electron chi connectivity index (χ4n) is 1.24. The summed E-state index contributed by atoms with van der Waals surface area (Å²) in [6, 6.07) is 7.59. The Morgan fingerprint density at radius 2 is 2.00 bits per heavy atom. The van der Waals surface area contributed by atoms with Crippen molar-refractivity contribution in [3.05, 3.63) is 34.9 Å². The van der Waals surface area contributed by atoms with Crippen molar-refractivity contribution >= 4 is 17.5 Å². The third-order valence-corrected chi connectivity index (χ3v) is 2.16. The average molecular weight is 197 g/mol. The lowest BCUT2D eigenvalue weighted by Gasteiger charge is -2.30. The van der Waals surface area contributed by atoms with Crippen LogP contribution in [0.3, 0.4) is 0 Å². The third kappa shape index (κ3) is 1.99. The van der Waals surface area contributed by atoms with Gasteiger partial charge in [0.2, 0.25) is 5.91 Å². The number of amides is 1. The van der Waals surface area contributed by atoms with Crippen molar-refractivity contribution in [3.8, 4) is 0 Å². The maximum absolute atomic E-state index is 10.6. The summed E-state index contributed by atoms with van der Waals surface area (Å²) in [5, 5.41) is 2.59. The molecule has 1 amide bonds. The third-order valence-electron chi connectivity index (χ3n) is 1.90. The molecule has 1 aliphatic heterocycles. The molecular weight excluding hydrogens is 188 g/mol. The van der Waals surface area contributed by atoms with E-state index in [0.717, 1.165) is 17.1 Å². The van der Waals surface area contributed by atoms with Crippen LogP contribution in [0.5, 0.6) is 0 Å². The zero-order valence-corrected chi connectivity index (χ0v) is 7.71. The van der Waals surface area contributed by atoms with Gasteiger partial charge in [-0.3, -0.25) is 10.2 Å². The molecule has 2 rings (SSSR count). The Kier molecular flexibility index (Phi) is 2.20. The van der Waals surface area contributed by atoms with Gasteiger partial charge in [0.05, 0.1) is 6.54 Å². The van der Waals surface area contributed by atoms with Crippen LogP contribution in [-0.2, 0) is 11.3 Å². The molecule has 13 heavy (non-hydrogen) atoms. The summed E-state index contributed by atoms with van der Waals surface area (Å²) in [4.78, 5) is 10.6. The number of benzene rings is 1. The summed E-state index contributed by atoms with van der Waals surface area (Å²) in [6.07, 6.45) is 0. The lowest BCUT2D eigenvalue weighted by Crippen LogP contribution is -2.57. The molecule has 1 N–H and O–H groups in total. The molecule has 0 atom stereocenters. The quantitative estimate of drug-likeness (QED) is 0.771. The largest absolute Gasteiger partial charge is 0.287 e. The van der Waals surface area contributed by atoms with Crippen LogP contribution in [-0.4, -0.2) is 17.5 Å². The minimum atomic E-state index is 0.0777. The number of hydrazine groups is 1. The first kappa shape index (κ1) is 8.53. The van der Waals surface area contributed by atoms with E-state index >= 15 is 0 Å². The number of carbonyl (C=O) groups is 1. The summed E-state index contributed by atoms with van der Waals surface area (Å²) in [5.41, 5.74) is 3.81. The van der Waals surface area contributed by atoms with Crippen LogP contribution in [0.25, 0.3) is 0 Å². The van der Waals surface area contributed by atoms with Crippen molar-refractivity contribution in [2.75, 3.05) is 6.54 Å². The van der Waals surface area contributed by atoms with E-state index in [4.69, 9.17) is 11.6 Å². The van der Waals surface area contributed by atoms with Gasteiger partial charge >= 0.3 is 0 Å². The second-order valence-electron chi connectivity index (χ2n) is 3.02. The molecule has 0 saturated carbocycles. The molecule has 0 spiro atoms. The summed E-state index contributed by atoms with van der Waals surface area (Å²) >= 11 is 5.74. The normalized spacial score (nSPS) is 16.5. The molecule has 1 heterocycles. The zero-order chi connectivity index (χ0) is 9.26. The smallest absolute Gasteiger partial charge is 0.250 e. The molecule has 0 aromatic heterocycles. The van der Waals surface area contributed by atoms with Crippen LogP contribution in [0.1, 0.15) is 5.56 Å². The summed E-state index contributed by atoms with van der Waals surface area (Å²) in [5.74, 6) is 0.0777. The highest BCUT2D eigenvalue weighted by Crippen LogP contribution is 2.11. The summed E-state index contributed by atoms with van der Waals surface area (Å²) < 4.78 is 0. The van der Waals surface area contributed by atoms with E-state index in [1.165, 1.54) is 0 Å². The number of rotatable bonds is 2. The number of hydrogen-bond donors (Lipinski definition) is 1. The standard InChI is InChI=1S/C9H9ClN2O/c10-8-3-1-7(2-4-8)5-12-6-9(13)11-12/h1-4H,5-6H2,(H,11,13). The van der Waals surface area contributed by atoms with Gasteiger partial charge in [0.1, 0.15) is 0 Å². The highest BCUT2D eigenvalue weighted by atomic mass is 35.5. The minimum absolute atomic E-state index is 0.0777. The Morgan fingerprint density at radius 1 is 1.38 bits per heavy atom. The molecule has 0 aliphatic carbocycles. The van der Waals surface area contributed by atoms with Gasteiger partial charge < -0.3 is 0 Å². The van der Waals surface area contributed by atoms with E-state index in [-0.39, 0.29) is 5.91 Å². The number of nitrogens with one attached hydrogen (secondary N) is 1. The van der Waals surface area contributed by atoms with Gasteiger partial charge in [-0.25, -0.2) is 5.01 Å². The molecule has 68 valence electrons. The average Bonchev–Trinajstić information content (AvgIpc) is 2.06. The van der Waals surface area contributed by atoms with Crippen molar-refractivity contribution < 1.29 is 4.79 Å². The molecule has 4 heteroatoms. The summed E-state index contributed by atoms with van der Waals surface area (Å²) in [7, 11) is 0. The summed E-state index contributed by atoms with van der Waals surface area (Å²) in [6.45, 7) is 1.23. The minimum Gasteiger partial charge on any atom is -0.287 e. The first-order valence-electron chi connectivity index (χ1n) is 4.03. The fourth-order valence-corrected chi connectivity index (χ4v) is 1.36. The molecular formula is C9H9ClN2O. The van der Waals surface area contributed by atoms with Gasteiger partial charge in [0.25, 0.3) is 0 Å². The van der Waals surface area contributed by atoms with Gasteiger partial charge in [-0.2, -0.15) is 0 Å². The van der Waals surface area contributed by atoms with Crippen LogP contribution in [0.15, 0.2) is 24.3 Å². The van der Waals surface area contributed by atoms with Crippen LogP contribution >= 0.6 is 11.6 Å². The molecule has 0 bridgehead atoms. The molecule has 1 saturated heterocycles. The highest BCUT2D eigenvalue weighted by molar-refractivity contribution is 6.30.